The van der Waals surface area contributed by atoms with Gasteiger partial charge in [-0.25, -0.2) is 0 Å². The van der Waals surface area contributed by atoms with E-state index in [0.29, 0.717) is 37.6 Å². The van der Waals surface area contributed by atoms with Crippen LogP contribution in [0.2, 0.25) is 0 Å². The molecule has 0 spiro atoms. The van der Waals surface area contributed by atoms with Gasteiger partial charge in [0.05, 0.1) is 0 Å². The quantitative estimate of drug-likeness (QED) is 0.129. The van der Waals surface area contributed by atoms with Gasteiger partial charge in [0.1, 0.15) is 16.8 Å². The van der Waals surface area contributed by atoms with E-state index in [-0.39, 0.29) is 11.8 Å². The van der Waals surface area contributed by atoms with Crippen LogP contribution in [0.5, 0.6) is 0 Å². The molecule has 8 heteroatoms. The first-order valence-electron chi connectivity index (χ1n) is 14.4. The number of H-pyrrole nitrogens is 2. The van der Waals surface area contributed by atoms with Gasteiger partial charge in [-0.05, 0) is 88.0 Å². The Kier molecular flexibility index (Phi) is 10.2. The Balaban J connectivity index is 1.82. The number of amides is 2. The van der Waals surface area contributed by atoms with Crippen molar-refractivity contribution in [3.05, 3.63) is 118 Å². The van der Waals surface area contributed by atoms with Crippen LogP contribution in [0.1, 0.15) is 80.3 Å². The van der Waals surface area contributed by atoms with E-state index in [2.05, 4.69) is 83.0 Å². The van der Waals surface area contributed by atoms with Gasteiger partial charge in [-0.3, -0.25) is 9.59 Å². The van der Waals surface area contributed by atoms with E-state index in [1.165, 1.54) is 0 Å². The van der Waals surface area contributed by atoms with Crippen molar-refractivity contribution in [3.63, 3.8) is 0 Å². The van der Waals surface area contributed by atoms with E-state index in [4.69, 9.17) is 11.5 Å². The number of hydrogen-bond donors (Lipinski definition) is 6. The predicted molar refractivity (Wildman–Crippen MR) is 164 cm³/mol. The lowest BCUT2D eigenvalue weighted by molar-refractivity contribution is 0.0940. The number of aryl methyl sites for hydroxylation is 2. The topological polar surface area (TPSA) is 142 Å². The summed E-state index contributed by atoms with van der Waals surface area (Å²) in [6.07, 6.45) is 3.37. The minimum Gasteiger partial charge on any atom is -0.353 e. The molecule has 2 aromatic heterocycles. The van der Waals surface area contributed by atoms with Crippen LogP contribution in [0.3, 0.4) is 0 Å². The molecule has 4 aromatic rings. The molecular formula is C33H42N6O2. The highest BCUT2D eigenvalue weighted by atomic mass is 16.2. The van der Waals surface area contributed by atoms with E-state index < -0.39 is 5.41 Å². The number of rotatable bonds is 14. The molecule has 0 saturated carbocycles. The Hall–Kier alpha value is -4.14. The first kappa shape index (κ1) is 29.8. The Bertz CT molecular complexity index is 1310. The van der Waals surface area contributed by atoms with Crippen molar-refractivity contribution in [2.45, 2.75) is 44.9 Å². The number of carbonyl (C=O) groups is 2. The molecule has 0 aliphatic rings. The Morgan fingerprint density at radius 3 is 1.37 bits per heavy atom. The van der Waals surface area contributed by atoms with Gasteiger partial charge in [0.15, 0.2) is 0 Å². The van der Waals surface area contributed by atoms with Gasteiger partial charge in [-0.15, -0.1) is 0 Å². The van der Waals surface area contributed by atoms with Crippen molar-refractivity contribution in [2.75, 3.05) is 26.2 Å². The second-order valence-electron chi connectivity index (χ2n) is 10.6. The molecule has 0 fully saturated rings. The van der Waals surface area contributed by atoms with E-state index in [9.17, 15) is 9.59 Å². The van der Waals surface area contributed by atoms with Crippen molar-refractivity contribution < 1.29 is 9.59 Å². The van der Waals surface area contributed by atoms with E-state index >= 15 is 0 Å². The molecule has 0 bridgehead atoms. The van der Waals surface area contributed by atoms with Crippen molar-refractivity contribution in [2.24, 2.45) is 11.5 Å². The fourth-order valence-corrected chi connectivity index (χ4v) is 5.17. The summed E-state index contributed by atoms with van der Waals surface area (Å²) in [5.74, 6) is -0.335. The third-order valence-corrected chi connectivity index (χ3v) is 7.47. The molecule has 216 valence electrons. The van der Waals surface area contributed by atoms with Gasteiger partial charge in [0.2, 0.25) is 0 Å². The standard InChI is InChI=1S/C33H42N6O2/c1-23-7-11-25(12-8-23)33(26-13-9-24(2)10-14-26,29-17-15-27(38-29)31(40)36-21-5-3-19-34)30-18-16-28(39-30)32(41)37-22-6-4-20-35/h7-18,38-39H,3-6,19-22,34-35H2,1-2H3,(H,36,40)(H,37,41). The predicted octanol–water partition coefficient (Wildman–Crippen LogP) is 4.28. The summed E-state index contributed by atoms with van der Waals surface area (Å²) in [5, 5.41) is 5.97. The average molecular weight is 555 g/mol. The van der Waals surface area contributed by atoms with Crippen LogP contribution in [0, 0.1) is 13.8 Å². The zero-order valence-electron chi connectivity index (χ0n) is 24.1. The average Bonchev–Trinajstić information content (AvgIpc) is 3.67. The number of nitrogens with two attached hydrogens (primary N) is 2. The van der Waals surface area contributed by atoms with Crippen LogP contribution in [0.4, 0.5) is 0 Å². The molecule has 2 amide bonds. The third kappa shape index (κ3) is 6.78. The van der Waals surface area contributed by atoms with Crippen LogP contribution in [-0.2, 0) is 5.41 Å². The molecule has 0 atom stereocenters. The summed E-state index contributed by atoms with van der Waals surface area (Å²) < 4.78 is 0. The fraction of sp³-hybridized carbons (Fsp3) is 0.333. The van der Waals surface area contributed by atoms with Gasteiger partial charge in [0, 0.05) is 24.5 Å². The largest absolute Gasteiger partial charge is 0.353 e. The fourth-order valence-electron chi connectivity index (χ4n) is 5.17. The maximum absolute atomic E-state index is 13.0. The molecule has 8 nitrogen and oxygen atoms in total. The monoisotopic (exact) mass is 554 g/mol. The minimum absolute atomic E-state index is 0.168. The second-order valence-corrected chi connectivity index (χ2v) is 10.6. The van der Waals surface area contributed by atoms with Crippen LogP contribution < -0.4 is 22.1 Å². The molecule has 0 radical (unpaired) electrons. The molecule has 4 rings (SSSR count). The highest BCUT2D eigenvalue weighted by Crippen LogP contribution is 2.44. The smallest absolute Gasteiger partial charge is 0.267 e. The number of benzene rings is 2. The van der Waals surface area contributed by atoms with Crippen molar-refractivity contribution in [3.8, 4) is 0 Å². The summed E-state index contributed by atoms with van der Waals surface area (Å²) in [7, 11) is 0. The van der Waals surface area contributed by atoms with Crippen LogP contribution in [0.15, 0.2) is 72.8 Å². The van der Waals surface area contributed by atoms with Crippen molar-refractivity contribution >= 4 is 11.8 Å². The number of carbonyl (C=O) groups excluding carboxylic acids is 2. The number of aromatic nitrogens is 2. The van der Waals surface area contributed by atoms with Crippen LogP contribution in [-0.4, -0.2) is 48.0 Å². The number of aromatic amines is 2. The molecule has 0 unspecified atom stereocenters. The Labute approximate surface area is 242 Å². The highest BCUT2D eigenvalue weighted by molar-refractivity contribution is 5.93. The zero-order chi connectivity index (χ0) is 29.2. The minimum atomic E-state index is -0.850. The SMILES string of the molecule is Cc1ccc(C(c2ccc(C)cc2)(c2ccc(C(=O)NCCCCN)[nH]2)c2ccc(C(=O)NCCCCN)[nH]2)cc1. The van der Waals surface area contributed by atoms with Gasteiger partial charge in [0.25, 0.3) is 11.8 Å². The summed E-state index contributed by atoms with van der Waals surface area (Å²) in [6.45, 7) is 6.43. The molecule has 2 aromatic carbocycles. The molecule has 0 aliphatic heterocycles. The van der Waals surface area contributed by atoms with Crippen LogP contribution in [0.25, 0.3) is 0 Å². The molecule has 2 heterocycles. The van der Waals surface area contributed by atoms with E-state index in [1.54, 1.807) is 0 Å². The lowest BCUT2D eigenvalue weighted by atomic mass is 9.69. The maximum atomic E-state index is 13.0. The molecule has 0 saturated heterocycles. The maximum Gasteiger partial charge on any atom is 0.267 e. The highest BCUT2D eigenvalue weighted by Gasteiger charge is 2.41. The Morgan fingerprint density at radius 2 is 1.00 bits per heavy atom. The number of hydrogen-bond acceptors (Lipinski definition) is 4. The first-order chi connectivity index (χ1) is 19.9. The summed E-state index contributed by atoms with van der Waals surface area (Å²) >= 11 is 0. The molecule has 8 N–H and O–H groups in total. The van der Waals surface area contributed by atoms with Gasteiger partial charge in [-0.2, -0.15) is 0 Å². The number of unbranched alkanes of at least 4 members (excludes halogenated alkanes) is 2. The summed E-state index contributed by atoms with van der Waals surface area (Å²) in [5.41, 5.74) is 17.2. The lowest BCUT2D eigenvalue weighted by Crippen LogP contribution is -2.33. The second kappa shape index (κ2) is 14.0. The van der Waals surface area contributed by atoms with Gasteiger partial charge < -0.3 is 32.1 Å². The summed E-state index contributed by atoms with van der Waals surface area (Å²) in [4.78, 5) is 33.0. The number of nitrogens with one attached hydrogen (secondary N) is 4. The van der Waals surface area contributed by atoms with Crippen LogP contribution >= 0.6 is 0 Å². The van der Waals surface area contributed by atoms with E-state index in [1.807, 2.05) is 24.3 Å². The third-order valence-electron chi connectivity index (χ3n) is 7.47. The van der Waals surface area contributed by atoms with Crippen molar-refractivity contribution in [1.82, 2.24) is 20.6 Å². The lowest BCUT2D eigenvalue weighted by Gasteiger charge is -2.34. The molecule has 41 heavy (non-hydrogen) atoms. The molecule has 0 aliphatic carbocycles. The van der Waals surface area contributed by atoms with Crippen molar-refractivity contribution in [1.29, 1.82) is 0 Å². The zero-order valence-corrected chi connectivity index (χ0v) is 24.1. The first-order valence-corrected chi connectivity index (χ1v) is 14.4. The normalized spacial score (nSPS) is 11.4. The van der Waals surface area contributed by atoms with E-state index in [0.717, 1.165) is 59.3 Å². The Morgan fingerprint density at radius 1 is 0.610 bits per heavy atom. The van der Waals surface area contributed by atoms with Gasteiger partial charge in [-0.1, -0.05) is 59.7 Å². The molecular weight excluding hydrogens is 512 g/mol. The summed E-state index contributed by atoms with van der Waals surface area (Å²) in [6, 6.07) is 24.3. The van der Waals surface area contributed by atoms with Gasteiger partial charge >= 0.3 is 0 Å².